The second-order valence-corrected chi connectivity index (χ2v) is 7.17. The molecular weight excluding hydrogens is 264 g/mol. The van der Waals surface area contributed by atoms with E-state index >= 15 is 0 Å². The minimum absolute atomic E-state index is 0.313. The van der Waals surface area contributed by atoms with Crippen LogP contribution in [0.1, 0.15) is 33.6 Å². The molecule has 114 valence electrons. The second kappa shape index (κ2) is 9.85. The zero-order valence-electron chi connectivity index (χ0n) is 12.5. The molecule has 1 aliphatic rings. The molecule has 6 heteroatoms. The van der Waals surface area contributed by atoms with Crippen LogP contribution in [0.2, 0.25) is 6.04 Å². The van der Waals surface area contributed by atoms with Crippen molar-refractivity contribution >= 4 is 8.80 Å². The van der Waals surface area contributed by atoms with Crippen LogP contribution < -0.4 is 0 Å². The highest BCUT2D eigenvalue weighted by atomic mass is 28.4. The number of ether oxygens (including phenoxy) is 2. The molecule has 1 atom stereocenters. The first-order chi connectivity index (χ1) is 9.26. The van der Waals surface area contributed by atoms with Gasteiger partial charge in [0.1, 0.15) is 0 Å². The van der Waals surface area contributed by atoms with E-state index in [1.807, 2.05) is 20.8 Å². The normalized spacial score (nSPS) is 19.4. The molecule has 1 saturated heterocycles. The second-order valence-electron chi connectivity index (χ2n) is 4.44. The molecule has 5 nitrogen and oxygen atoms in total. The van der Waals surface area contributed by atoms with Crippen LogP contribution in [0.4, 0.5) is 0 Å². The van der Waals surface area contributed by atoms with Gasteiger partial charge >= 0.3 is 8.80 Å². The summed E-state index contributed by atoms with van der Waals surface area (Å²) in [5.41, 5.74) is 0. The molecule has 0 aromatic rings. The molecule has 0 radical (unpaired) electrons. The lowest BCUT2D eigenvalue weighted by atomic mass is 10.2. The molecular formula is C13H28O5Si. The van der Waals surface area contributed by atoms with Crippen molar-refractivity contribution in [3.8, 4) is 0 Å². The van der Waals surface area contributed by atoms with Crippen molar-refractivity contribution < 1.29 is 22.8 Å². The summed E-state index contributed by atoms with van der Waals surface area (Å²) in [6.07, 6.45) is 2.33. The zero-order chi connectivity index (χ0) is 14.0. The van der Waals surface area contributed by atoms with E-state index in [-0.39, 0.29) is 0 Å². The molecule has 0 bridgehead atoms. The molecule has 1 fully saturated rings. The van der Waals surface area contributed by atoms with Gasteiger partial charge in [-0.05, 0) is 33.6 Å². The summed E-state index contributed by atoms with van der Waals surface area (Å²) >= 11 is 0. The van der Waals surface area contributed by atoms with Crippen molar-refractivity contribution in [2.24, 2.45) is 0 Å². The predicted octanol–water partition coefficient (Wildman–Crippen LogP) is 2.23. The van der Waals surface area contributed by atoms with Gasteiger partial charge in [-0.3, -0.25) is 0 Å². The predicted molar refractivity (Wildman–Crippen MR) is 75.2 cm³/mol. The third-order valence-electron chi connectivity index (χ3n) is 2.96. The van der Waals surface area contributed by atoms with Crippen LogP contribution in [0.5, 0.6) is 0 Å². The number of rotatable bonds is 12. The molecule has 0 amide bonds. The minimum atomic E-state index is -2.48. The van der Waals surface area contributed by atoms with Crippen LogP contribution in [-0.4, -0.2) is 54.5 Å². The molecule has 1 rings (SSSR count). The van der Waals surface area contributed by atoms with Crippen molar-refractivity contribution in [1.82, 2.24) is 0 Å². The lowest BCUT2D eigenvalue weighted by Gasteiger charge is -2.29. The Hall–Kier alpha value is 0.0169. The Morgan fingerprint density at radius 1 is 1.05 bits per heavy atom. The fourth-order valence-electron chi connectivity index (χ4n) is 2.02. The summed E-state index contributed by atoms with van der Waals surface area (Å²) in [6.45, 7) is 10.1. The van der Waals surface area contributed by atoms with Crippen molar-refractivity contribution in [2.75, 3.05) is 39.6 Å². The highest BCUT2D eigenvalue weighted by Crippen LogP contribution is 2.18. The van der Waals surface area contributed by atoms with Gasteiger partial charge in [0.15, 0.2) is 0 Å². The Morgan fingerprint density at radius 3 is 2.05 bits per heavy atom. The Labute approximate surface area is 117 Å². The Balaban J connectivity index is 2.21. The smallest absolute Gasteiger partial charge is 0.379 e. The molecule has 1 aliphatic heterocycles. The van der Waals surface area contributed by atoms with E-state index in [2.05, 4.69) is 0 Å². The van der Waals surface area contributed by atoms with Gasteiger partial charge < -0.3 is 22.8 Å². The fourth-order valence-corrected chi connectivity index (χ4v) is 4.60. The molecule has 1 unspecified atom stereocenters. The van der Waals surface area contributed by atoms with E-state index in [0.29, 0.717) is 39.1 Å². The minimum Gasteiger partial charge on any atom is -0.379 e. The van der Waals surface area contributed by atoms with Gasteiger partial charge in [0.05, 0.1) is 12.7 Å². The molecule has 19 heavy (non-hydrogen) atoms. The van der Waals surface area contributed by atoms with Crippen LogP contribution >= 0.6 is 0 Å². The van der Waals surface area contributed by atoms with Crippen molar-refractivity contribution in [2.45, 2.75) is 45.8 Å². The third-order valence-corrected chi connectivity index (χ3v) is 6.11. The quantitative estimate of drug-likeness (QED) is 0.408. The average molecular weight is 292 g/mol. The maximum Gasteiger partial charge on any atom is 0.501 e. The van der Waals surface area contributed by atoms with Gasteiger partial charge in [0.25, 0.3) is 0 Å². The first-order valence-electron chi connectivity index (χ1n) is 7.37. The van der Waals surface area contributed by atoms with Crippen LogP contribution in [0.15, 0.2) is 0 Å². The highest BCUT2D eigenvalue weighted by Gasteiger charge is 2.39. The molecule has 1 heterocycles. The van der Waals surface area contributed by atoms with Gasteiger partial charge in [-0.15, -0.1) is 0 Å². The standard InChI is InChI=1S/C13H28O5Si/c1-4-16-19(17-5-2,18-6-3)11-7-9-14-12-13-8-10-15-13/h13H,4-12H2,1-3H3. The van der Waals surface area contributed by atoms with Gasteiger partial charge in [-0.1, -0.05) is 0 Å². The van der Waals surface area contributed by atoms with Crippen LogP contribution in [0.25, 0.3) is 0 Å². The fraction of sp³-hybridized carbons (Fsp3) is 1.00. The summed E-state index contributed by atoms with van der Waals surface area (Å²) in [5, 5.41) is 0. The van der Waals surface area contributed by atoms with E-state index in [1.54, 1.807) is 0 Å². The summed E-state index contributed by atoms with van der Waals surface area (Å²) in [7, 11) is -2.48. The SMILES string of the molecule is CCO[Si](CCCOCC1CCO1)(OCC)OCC. The molecule has 0 N–H and O–H groups in total. The molecule has 0 saturated carbocycles. The maximum atomic E-state index is 5.78. The Bertz CT molecular complexity index is 206. The lowest BCUT2D eigenvalue weighted by Crippen LogP contribution is -2.46. The third kappa shape index (κ3) is 6.33. The van der Waals surface area contributed by atoms with Crippen molar-refractivity contribution in [1.29, 1.82) is 0 Å². The van der Waals surface area contributed by atoms with Crippen molar-refractivity contribution in [3.05, 3.63) is 0 Å². The van der Waals surface area contributed by atoms with E-state index in [4.69, 9.17) is 22.8 Å². The van der Waals surface area contributed by atoms with Gasteiger partial charge in [-0.2, -0.15) is 0 Å². The van der Waals surface area contributed by atoms with Crippen LogP contribution in [0.3, 0.4) is 0 Å². The summed E-state index contributed by atoms with van der Waals surface area (Å²) in [4.78, 5) is 0. The van der Waals surface area contributed by atoms with E-state index in [1.165, 1.54) is 0 Å². The summed E-state index contributed by atoms with van der Waals surface area (Å²) < 4.78 is 28.3. The first kappa shape index (κ1) is 17.1. The van der Waals surface area contributed by atoms with Crippen LogP contribution in [-0.2, 0) is 22.8 Å². The zero-order valence-corrected chi connectivity index (χ0v) is 13.5. The van der Waals surface area contributed by atoms with E-state index < -0.39 is 8.80 Å². The molecule has 0 aliphatic carbocycles. The van der Waals surface area contributed by atoms with Gasteiger partial charge in [0.2, 0.25) is 0 Å². The largest absolute Gasteiger partial charge is 0.501 e. The summed E-state index contributed by atoms with van der Waals surface area (Å²) in [6, 6.07) is 0.814. The molecule has 0 aromatic heterocycles. The highest BCUT2D eigenvalue weighted by molar-refractivity contribution is 6.60. The molecule has 0 aromatic carbocycles. The van der Waals surface area contributed by atoms with Crippen molar-refractivity contribution in [3.63, 3.8) is 0 Å². The summed E-state index contributed by atoms with van der Waals surface area (Å²) in [5.74, 6) is 0. The van der Waals surface area contributed by atoms with E-state index in [9.17, 15) is 0 Å². The first-order valence-corrected chi connectivity index (χ1v) is 9.30. The van der Waals surface area contributed by atoms with Gasteiger partial charge in [0, 0.05) is 39.1 Å². The van der Waals surface area contributed by atoms with Crippen LogP contribution in [0, 0.1) is 0 Å². The average Bonchev–Trinajstić information content (AvgIpc) is 2.32. The number of hydrogen-bond acceptors (Lipinski definition) is 5. The molecule has 0 spiro atoms. The number of hydrogen-bond donors (Lipinski definition) is 0. The maximum absolute atomic E-state index is 5.78. The lowest BCUT2D eigenvalue weighted by molar-refractivity contribution is -0.0937. The monoisotopic (exact) mass is 292 g/mol. The van der Waals surface area contributed by atoms with E-state index in [0.717, 1.165) is 25.5 Å². The topological polar surface area (TPSA) is 46.2 Å². The Morgan fingerprint density at radius 2 is 1.63 bits per heavy atom. The van der Waals surface area contributed by atoms with Gasteiger partial charge in [-0.25, -0.2) is 0 Å². The Kier molecular flexibility index (Phi) is 8.85.